The molecule has 3 aromatic rings. The van der Waals surface area contributed by atoms with Crippen LogP contribution < -0.4 is 5.56 Å². The molecule has 0 spiro atoms. The Morgan fingerprint density at radius 1 is 1.17 bits per heavy atom. The summed E-state index contributed by atoms with van der Waals surface area (Å²) < 4.78 is 6.74. The molecule has 0 unspecified atom stereocenters. The Morgan fingerprint density at radius 2 is 1.92 bits per heavy atom. The van der Waals surface area contributed by atoms with Crippen molar-refractivity contribution in [3.63, 3.8) is 0 Å². The van der Waals surface area contributed by atoms with Crippen molar-refractivity contribution in [3.05, 3.63) is 76.2 Å². The Labute approximate surface area is 139 Å². The third-order valence-corrected chi connectivity index (χ3v) is 3.75. The lowest BCUT2D eigenvalue weighted by Crippen LogP contribution is -2.24. The summed E-state index contributed by atoms with van der Waals surface area (Å²) in [5, 5.41) is 5.32. The van der Waals surface area contributed by atoms with E-state index in [1.54, 1.807) is 24.4 Å². The van der Waals surface area contributed by atoms with Gasteiger partial charge in [0.1, 0.15) is 6.61 Å². The molecule has 0 aliphatic rings. The van der Waals surface area contributed by atoms with E-state index in [0.717, 1.165) is 5.56 Å². The van der Waals surface area contributed by atoms with Gasteiger partial charge in [0.15, 0.2) is 0 Å². The zero-order valence-electron chi connectivity index (χ0n) is 13.6. The molecule has 0 radical (unpaired) electrons. The fourth-order valence-corrected chi connectivity index (χ4v) is 2.47. The second kappa shape index (κ2) is 6.66. The topological polar surface area (TPSA) is 61.2 Å². The Kier molecular flexibility index (Phi) is 4.42. The molecule has 0 saturated carbocycles. The summed E-state index contributed by atoms with van der Waals surface area (Å²) in [6.45, 7) is 4.01. The van der Waals surface area contributed by atoms with Crippen LogP contribution in [-0.2, 0) is 11.3 Å². The van der Waals surface area contributed by atoms with E-state index >= 15 is 0 Å². The first-order valence-electron chi connectivity index (χ1n) is 7.79. The van der Waals surface area contributed by atoms with Crippen LogP contribution >= 0.6 is 0 Å². The van der Waals surface area contributed by atoms with Gasteiger partial charge in [0.2, 0.25) is 0 Å². The molecule has 0 atom stereocenters. The molecule has 5 heteroatoms. The third-order valence-electron chi connectivity index (χ3n) is 3.75. The van der Waals surface area contributed by atoms with Crippen LogP contribution in [0.2, 0.25) is 0 Å². The predicted octanol–water partition coefficient (Wildman–Crippen LogP) is 3.33. The molecule has 3 rings (SSSR count). The molecule has 0 saturated heterocycles. The van der Waals surface area contributed by atoms with Crippen LogP contribution in [0.5, 0.6) is 0 Å². The second-order valence-electron chi connectivity index (χ2n) is 5.85. The van der Waals surface area contributed by atoms with Crippen molar-refractivity contribution in [1.29, 1.82) is 0 Å². The summed E-state index contributed by atoms with van der Waals surface area (Å²) in [7, 11) is 0. The number of aromatic nitrogens is 2. The monoisotopic (exact) mass is 322 g/mol. The lowest BCUT2D eigenvalue weighted by Gasteiger charge is -2.10. The summed E-state index contributed by atoms with van der Waals surface area (Å²) in [4.78, 5) is 24.5. The maximum atomic E-state index is 12.3. The van der Waals surface area contributed by atoms with Crippen molar-refractivity contribution in [2.75, 3.05) is 0 Å². The van der Waals surface area contributed by atoms with E-state index in [4.69, 9.17) is 4.74 Å². The van der Waals surface area contributed by atoms with E-state index in [1.165, 1.54) is 4.68 Å². The van der Waals surface area contributed by atoms with Gasteiger partial charge in [0, 0.05) is 5.39 Å². The Bertz CT molecular complexity index is 930. The van der Waals surface area contributed by atoms with Gasteiger partial charge in [-0.25, -0.2) is 9.48 Å². The van der Waals surface area contributed by atoms with Gasteiger partial charge in [0.05, 0.1) is 23.2 Å². The number of hydrogen-bond donors (Lipinski definition) is 0. The Hall–Kier alpha value is -2.95. The maximum absolute atomic E-state index is 12.3. The highest BCUT2D eigenvalue weighted by Gasteiger charge is 2.11. The van der Waals surface area contributed by atoms with Crippen molar-refractivity contribution in [2.24, 2.45) is 0 Å². The van der Waals surface area contributed by atoms with Gasteiger partial charge in [-0.15, -0.1) is 0 Å². The standard InChI is InChI=1S/C19H18N2O3/c1-13(2)21-18(22)17-9-8-15(10-16(17)11-20-21)19(23)24-12-14-6-4-3-5-7-14/h3-11,13H,12H2,1-2H3. The average Bonchev–Trinajstić information content (AvgIpc) is 2.60. The highest BCUT2D eigenvalue weighted by Crippen LogP contribution is 2.14. The van der Waals surface area contributed by atoms with Crippen molar-refractivity contribution >= 4 is 16.7 Å². The summed E-state index contributed by atoms with van der Waals surface area (Å²) in [5.74, 6) is -0.422. The summed E-state index contributed by atoms with van der Waals surface area (Å²) in [5.41, 5.74) is 1.17. The number of esters is 1. The number of carbonyl (C=O) groups excluding carboxylic acids is 1. The van der Waals surface area contributed by atoms with Gasteiger partial charge >= 0.3 is 5.97 Å². The van der Waals surface area contributed by atoms with Crippen LogP contribution in [0.25, 0.3) is 10.8 Å². The van der Waals surface area contributed by atoms with E-state index in [1.807, 2.05) is 44.2 Å². The molecule has 1 heterocycles. The van der Waals surface area contributed by atoms with Gasteiger partial charge < -0.3 is 4.74 Å². The number of nitrogens with zero attached hydrogens (tertiary/aromatic N) is 2. The summed E-state index contributed by atoms with van der Waals surface area (Å²) >= 11 is 0. The molecule has 0 amide bonds. The first-order chi connectivity index (χ1) is 11.6. The number of carbonyl (C=O) groups is 1. The molecule has 0 N–H and O–H groups in total. The zero-order chi connectivity index (χ0) is 17.1. The van der Waals surface area contributed by atoms with Gasteiger partial charge in [-0.05, 0) is 37.6 Å². The third kappa shape index (κ3) is 3.20. The normalized spacial score (nSPS) is 11.0. The van der Waals surface area contributed by atoms with E-state index in [2.05, 4.69) is 5.10 Å². The van der Waals surface area contributed by atoms with Crippen LogP contribution in [0, 0.1) is 0 Å². The first-order valence-corrected chi connectivity index (χ1v) is 7.79. The van der Waals surface area contributed by atoms with Crippen LogP contribution in [0.15, 0.2) is 59.5 Å². The highest BCUT2D eigenvalue weighted by atomic mass is 16.5. The minimum Gasteiger partial charge on any atom is -0.457 e. The van der Waals surface area contributed by atoms with Crippen molar-refractivity contribution in [3.8, 4) is 0 Å². The SMILES string of the molecule is CC(C)n1ncc2cc(C(=O)OCc3ccccc3)ccc2c1=O. The van der Waals surface area contributed by atoms with Crippen LogP contribution in [-0.4, -0.2) is 15.7 Å². The smallest absolute Gasteiger partial charge is 0.338 e. The molecule has 122 valence electrons. The van der Waals surface area contributed by atoms with Gasteiger partial charge in [-0.3, -0.25) is 4.79 Å². The molecule has 0 bridgehead atoms. The molecular weight excluding hydrogens is 304 g/mol. The van der Waals surface area contributed by atoms with Crippen LogP contribution in [0.4, 0.5) is 0 Å². The van der Waals surface area contributed by atoms with Crippen LogP contribution in [0.1, 0.15) is 35.8 Å². The van der Waals surface area contributed by atoms with Gasteiger partial charge in [0.25, 0.3) is 5.56 Å². The van der Waals surface area contributed by atoms with Crippen molar-refractivity contribution in [1.82, 2.24) is 9.78 Å². The van der Waals surface area contributed by atoms with Gasteiger partial charge in [-0.2, -0.15) is 5.10 Å². The van der Waals surface area contributed by atoms with Gasteiger partial charge in [-0.1, -0.05) is 30.3 Å². The van der Waals surface area contributed by atoms with E-state index in [9.17, 15) is 9.59 Å². The van der Waals surface area contributed by atoms with Crippen LogP contribution in [0.3, 0.4) is 0 Å². The zero-order valence-corrected chi connectivity index (χ0v) is 13.6. The molecule has 2 aromatic carbocycles. The molecule has 1 aromatic heterocycles. The predicted molar refractivity (Wildman–Crippen MR) is 91.9 cm³/mol. The van der Waals surface area contributed by atoms with Crippen molar-refractivity contribution in [2.45, 2.75) is 26.5 Å². The molecule has 0 fully saturated rings. The fourth-order valence-electron chi connectivity index (χ4n) is 2.47. The maximum Gasteiger partial charge on any atom is 0.338 e. The number of hydrogen-bond acceptors (Lipinski definition) is 4. The molecule has 24 heavy (non-hydrogen) atoms. The van der Waals surface area contributed by atoms with E-state index in [0.29, 0.717) is 16.3 Å². The molecule has 5 nitrogen and oxygen atoms in total. The van der Waals surface area contributed by atoms with E-state index in [-0.39, 0.29) is 18.2 Å². The Morgan fingerprint density at radius 3 is 2.62 bits per heavy atom. The number of rotatable bonds is 4. The van der Waals surface area contributed by atoms with Crippen molar-refractivity contribution < 1.29 is 9.53 Å². The number of fused-ring (bicyclic) bond motifs is 1. The summed E-state index contributed by atoms with van der Waals surface area (Å²) in [6.07, 6.45) is 1.60. The lowest BCUT2D eigenvalue weighted by molar-refractivity contribution is 0.0473. The largest absolute Gasteiger partial charge is 0.457 e. The minimum absolute atomic E-state index is 0.0163. The minimum atomic E-state index is -0.422. The van der Waals surface area contributed by atoms with E-state index < -0.39 is 5.97 Å². The highest BCUT2D eigenvalue weighted by molar-refractivity contribution is 5.94. The number of ether oxygens (including phenoxy) is 1. The lowest BCUT2D eigenvalue weighted by atomic mass is 10.1. The number of benzene rings is 2. The molecule has 0 aliphatic heterocycles. The molecule has 0 aliphatic carbocycles. The quantitative estimate of drug-likeness (QED) is 0.691. The molecular formula is C19H18N2O3. The Balaban J connectivity index is 1.84. The summed E-state index contributed by atoms with van der Waals surface area (Å²) in [6, 6.07) is 14.4. The first kappa shape index (κ1) is 15.9. The fraction of sp³-hybridized carbons (Fsp3) is 0.211. The average molecular weight is 322 g/mol. The second-order valence-corrected chi connectivity index (χ2v) is 5.85.